The maximum absolute atomic E-state index is 5.82. The van der Waals surface area contributed by atoms with E-state index in [1.807, 2.05) is 6.07 Å². The van der Waals surface area contributed by atoms with Crippen molar-refractivity contribution in [2.75, 3.05) is 5.73 Å². The molecule has 1 heteroatoms. The molecule has 2 N–H and O–H groups in total. The molecule has 0 saturated heterocycles. The van der Waals surface area contributed by atoms with E-state index in [9.17, 15) is 0 Å². The maximum Gasteiger partial charge on any atom is 0.0316 e. The van der Waals surface area contributed by atoms with Gasteiger partial charge < -0.3 is 5.73 Å². The Morgan fingerprint density at radius 3 is 3.00 bits per heavy atom. The van der Waals surface area contributed by atoms with Gasteiger partial charge in [0.05, 0.1) is 0 Å². The second-order valence-corrected chi connectivity index (χ2v) is 4.40. The Hall–Kier alpha value is -0.980. The SMILES string of the molecule is CCC1CCCc2ccc(N)cc2C1. The van der Waals surface area contributed by atoms with Crippen molar-refractivity contribution in [1.29, 1.82) is 0 Å². The molecular weight excluding hydrogens is 170 g/mol. The highest BCUT2D eigenvalue weighted by Crippen LogP contribution is 2.27. The lowest BCUT2D eigenvalue weighted by atomic mass is 9.94. The number of aryl methyl sites for hydroxylation is 1. The van der Waals surface area contributed by atoms with Crippen LogP contribution in [-0.4, -0.2) is 0 Å². The van der Waals surface area contributed by atoms with Gasteiger partial charge in [0.2, 0.25) is 0 Å². The van der Waals surface area contributed by atoms with Gasteiger partial charge in [-0.15, -0.1) is 0 Å². The lowest BCUT2D eigenvalue weighted by molar-refractivity contribution is 0.466. The molecule has 0 amide bonds. The van der Waals surface area contributed by atoms with E-state index in [4.69, 9.17) is 5.73 Å². The number of fused-ring (bicyclic) bond motifs is 1. The lowest BCUT2D eigenvalue weighted by Gasteiger charge is -2.11. The molecule has 1 atom stereocenters. The summed E-state index contributed by atoms with van der Waals surface area (Å²) in [5.41, 5.74) is 9.75. The highest BCUT2D eigenvalue weighted by molar-refractivity contribution is 5.45. The number of hydrogen-bond acceptors (Lipinski definition) is 1. The number of nitrogen functional groups attached to an aromatic ring is 1. The Morgan fingerprint density at radius 1 is 1.36 bits per heavy atom. The number of anilines is 1. The number of rotatable bonds is 1. The molecule has 0 fully saturated rings. The van der Waals surface area contributed by atoms with Crippen LogP contribution in [0.1, 0.15) is 37.3 Å². The first-order valence-electron chi connectivity index (χ1n) is 5.67. The van der Waals surface area contributed by atoms with E-state index in [0.717, 1.165) is 11.6 Å². The van der Waals surface area contributed by atoms with Gasteiger partial charge in [-0.25, -0.2) is 0 Å². The van der Waals surface area contributed by atoms with E-state index in [0.29, 0.717) is 0 Å². The summed E-state index contributed by atoms with van der Waals surface area (Å²) >= 11 is 0. The highest BCUT2D eigenvalue weighted by Gasteiger charge is 2.14. The van der Waals surface area contributed by atoms with E-state index in [-0.39, 0.29) is 0 Å². The van der Waals surface area contributed by atoms with Gasteiger partial charge in [-0.05, 0) is 54.9 Å². The number of nitrogens with two attached hydrogens (primary N) is 1. The van der Waals surface area contributed by atoms with Crippen LogP contribution >= 0.6 is 0 Å². The summed E-state index contributed by atoms with van der Waals surface area (Å²) in [6.45, 7) is 2.29. The van der Waals surface area contributed by atoms with Crippen molar-refractivity contribution in [2.45, 2.75) is 39.0 Å². The van der Waals surface area contributed by atoms with Crippen molar-refractivity contribution in [3.8, 4) is 0 Å². The van der Waals surface area contributed by atoms with Gasteiger partial charge in [-0.3, -0.25) is 0 Å². The normalized spacial score (nSPS) is 21.4. The van der Waals surface area contributed by atoms with E-state index in [2.05, 4.69) is 19.1 Å². The van der Waals surface area contributed by atoms with Crippen molar-refractivity contribution < 1.29 is 0 Å². The van der Waals surface area contributed by atoms with Gasteiger partial charge in [-0.2, -0.15) is 0 Å². The molecule has 0 heterocycles. The van der Waals surface area contributed by atoms with Crippen LogP contribution in [0.15, 0.2) is 18.2 Å². The van der Waals surface area contributed by atoms with Crippen LogP contribution in [0.3, 0.4) is 0 Å². The molecule has 0 radical (unpaired) electrons. The molecule has 76 valence electrons. The fourth-order valence-corrected chi connectivity index (χ4v) is 2.42. The van der Waals surface area contributed by atoms with Crippen molar-refractivity contribution >= 4 is 5.69 Å². The molecule has 0 aliphatic heterocycles. The van der Waals surface area contributed by atoms with Crippen LogP contribution in [0.25, 0.3) is 0 Å². The Kier molecular flexibility index (Phi) is 2.76. The minimum atomic E-state index is 0.873. The quantitative estimate of drug-likeness (QED) is 0.533. The number of benzene rings is 1. The van der Waals surface area contributed by atoms with Gasteiger partial charge in [0, 0.05) is 5.69 Å². The minimum absolute atomic E-state index is 0.873. The van der Waals surface area contributed by atoms with Crippen LogP contribution in [0.5, 0.6) is 0 Å². The fourth-order valence-electron chi connectivity index (χ4n) is 2.42. The summed E-state index contributed by atoms with van der Waals surface area (Å²) < 4.78 is 0. The molecule has 1 nitrogen and oxygen atoms in total. The Morgan fingerprint density at radius 2 is 2.21 bits per heavy atom. The molecule has 0 aromatic heterocycles. The molecule has 1 aliphatic rings. The van der Waals surface area contributed by atoms with Crippen molar-refractivity contribution in [1.82, 2.24) is 0 Å². The molecule has 1 aromatic rings. The zero-order valence-electron chi connectivity index (χ0n) is 8.92. The Labute approximate surface area is 86.3 Å². The summed E-state index contributed by atoms with van der Waals surface area (Å²) in [7, 11) is 0. The van der Waals surface area contributed by atoms with Crippen LogP contribution < -0.4 is 5.73 Å². The average molecular weight is 189 g/mol. The molecule has 2 rings (SSSR count). The summed E-state index contributed by atoms with van der Waals surface area (Å²) in [5.74, 6) is 0.873. The molecule has 1 aromatic carbocycles. The summed E-state index contributed by atoms with van der Waals surface area (Å²) in [5, 5.41) is 0. The van der Waals surface area contributed by atoms with Gasteiger partial charge in [0.1, 0.15) is 0 Å². The zero-order chi connectivity index (χ0) is 9.97. The topological polar surface area (TPSA) is 26.0 Å². The molecule has 0 bridgehead atoms. The first-order chi connectivity index (χ1) is 6.79. The predicted octanol–water partition coefficient (Wildman–Crippen LogP) is 3.17. The monoisotopic (exact) mass is 189 g/mol. The predicted molar refractivity (Wildman–Crippen MR) is 61.3 cm³/mol. The minimum Gasteiger partial charge on any atom is -0.399 e. The summed E-state index contributed by atoms with van der Waals surface area (Å²) in [6.07, 6.45) is 6.50. The van der Waals surface area contributed by atoms with Gasteiger partial charge in [0.25, 0.3) is 0 Å². The summed E-state index contributed by atoms with van der Waals surface area (Å²) in [6, 6.07) is 6.41. The van der Waals surface area contributed by atoms with Crippen LogP contribution in [0.4, 0.5) is 5.69 Å². The number of hydrogen-bond donors (Lipinski definition) is 1. The van der Waals surface area contributed by atoms with Crippen molar-refractivity contribution in [2.24, 2.45) is 5.92 Å². The second kappa shape index (κ2) is 4.04. The highest BCUT2D eigenvalue weighted by atomic mass is 14.5. The van der Waals surface area contributed by atoms with E-state index >= 15 is 0 Å². The smallest absolute Gasteiger partial charge is 0.0316 e. The molecule has 0 saturated carbocycles. The molecular formula is C13H19N. The first kappa shape index (κ1) is 9.57. The second-order valence-electron chi connectivity index (χ2n) is 4.40. The van der Waals surface area contributed by atoms with Crippen molar-refractivity contribution in [3.05, 3.63) is 29.3 Å². The lowest BCUT2D eigenvalue weighted by Crippen LogP contribution is -2.02. The van der Waals surface area contributed by atoms with Crippen LogP contribution in [0.2, 0.25) is 0 Å². The van der Waals surface area contributed by atoms with Gasteiger partial charge >= 0.3 is 0 Å². The zero-order valence-corrected chi connectivity index (χ0v) is 8.92. The van der Waals surface area contributed by atoms with Gasteiger partial charge in [0.15, 0.2) is 0 Å². The van der Waals surface area contributed by atoms with Crippen LogP contribution in [-0.2, 0) is 12.8 Å². The Balaban J connectivity index is 2.28. The molecule has 1 unspecified atom stereocenters. The fraction of sp³-hybridized carbons (Fsp3) is 0.538. The maximum atomic E-state index is 5.82. The van der Waals surface area contributed by atoms with E-state index in [1.54, 1.807) is 0 Å². The molecule has 1 aliphatic carbocycles. The first-order valence-corrected chi connectivity index (χ1v) is 5.67. The largest absolute Gasteiger partial charge is 0.399 e. The Bertz CT molecular complexity index is 317. The van der Waals surface area contributed by atoms with Gasteiger partial charge in [-0.1, -0.05) is 19.4 Å². The third-order valence-corrected chi connectivity index (χ3v) is 3.37. The third-order valence-electron chi connectivity index (χ3n) is 3.37. The molecule has 14 heavy (non-hydrogen) atoms. The van der Waals surface area contributed by atoms with E-state index in [1.165, 1.54) is 43.2 Å². The summed E-state index contributed by atoms with van der Waals surface area (Å²) in [4.78, 5) is 0. The van der Waals surface area contributed by atoms with E-state index < -0.39 is 0 Å². The molecule has 0 spiro atoms. The van der Waals surface area contributed by atoms with Crippen LogP contribution in [0, 0.1) is 5.92 Å². The third kappa shape index (κ3) is 1.92. The standard InChI is InChI=1S/C13H19N/c1-2-10-4-3-5-11-6-7-13(14)9-12(11)8-10/h6-7,9-10H,2-5,8,14H2,1H3. The van der Waals surface area contributed by atoms with Crippen molar-refractivity contribution in [3.63, 3.8) is 0 Å². The average Bonchev–Trinajstić information content (AvgIpc) is 2.38.